The van der Waals surface area contributed by atoms with Gasteiger partial charge in [0, 0.05) is 6.54 Å². The van der Waals surface area contributed by atoms with Crippen LogP contribution >= 0.6 is 0 Å². The lowest BCUT2D eigenvalue weighted by Crippen LogP contribution is -2.37. The predicted molar refractivity (Wildman–Crippen MR) is 95.0 cm³/mol. The largest absolute Gasteiger partial charge is 0.497 e. The Balaban J connectivity index is 1.82. The summed E-state index contributed by atoms with van der Waals surface area (Å²) in [5, 5.41) is 6.92. The van der Waals surface area contributed by atoms with Crippen LogP contribution in [0.3, 0.4) is 0 Å². The van der Waals surface area contributed by atoms with Gasteiger partial charge < -0.3 is 14.6 Å². The van der Waals surface area contributed by atoms with Gasteiger partial charge in [-0.25, -0.2) is 4.98 Å². The van der Waals surface area contributed by atoms with Crippen LogP contribution in [-0.4, -0.2) is 27.7 Å². The number of methoxy groups -OCH3 is 1. The quantitative estimate of drug-likeness (QED) is 0.725. The number of carbonyl (C=O) groups excluding carboxylic acids is 1. The molecule has 8 nitrogen and oxygen atoms in total. The molecule has 3 rings (SSSR count). The van der Waals surface area contributed by atoms with Gasteiger partial charge in [0.15, 0.2) is 0 Å². The first-order chi connectivity index (χ1) is 12.5. The van der Waals surface area contributed by atoms with Gasteiger partial charge in [0.05, 0.1) is 12.8 Å². The van der Waals surface area contributed by atoms with Crippen molar-refractivity contribution in [2.75, 3.05) is 7.11 Å². The third-order valence-corrected chi connectivity index (χ3v) is 4.22. The first-order valence-corrected chi connectivity index (χ1v) is 8.29. The zero-order valence-electron chi connectivity index (χ0n) is 14.9. The van der Waals surface area contributed by atoms with Gasteiger partial charge in [0.2, 0.25) is 5.91 Å². The van der Waals surface area contributed by atoms with E-state index in [0.717, 1.165) is 11.3 Å². The fourth-order valence-electron chi connectivity index (χ4n) is 2.81. The maximum Gasteiger partial charge on any atom is 0.267 e. The standard InChI is InChI=1S/C18H20N4O4/c1-4-14(16(23)19-9-12-6-5-7-13(8-12)25-3)22-10-20-17-15(18(22)24)11(2)21-26-17/h5-8,10,14H,4,9H2,1-3H3,(H,19,23). The maximum absolute atomic E-state index is 12.7. The van der Waals surface area contributed by atoms with Crippen molar-refractivity contribution in [1.29, 1.82) is 0 Å². The molecule has 0 aliphatic rings. The first-order valence-electron chi connectivity index (χ1n) is 8.29. The summed E-state index contributed by atoms with van der Waals surface area (Å²) in [5.74, 6) is 0.463. The highest BCUT2D eigenvalue weighted by molar-refractivity contribution is 5.81. The molecule has 0 aliphatic carbocycles. The Labute approximate surface area is 149 Å². The lowest BCUT2D eigenvalue weighted by molar-refractivity contribution is -0.124. The molecule has 1 N–H and O–H groups in total. The van der Waals surface area contributed by atoms with Crippen molar-refractivity contribution >= 4 is 17.0 Å². The van der Waals surface area contributed by atoms with Crippen LogP contribution in [0.1, 0.15) is 30.6 Å². The third-order valence-electron chi connectivity index (χ3n) is 4.22. The van der Waals surface area contributed by atoms with Crippen LogP contribution in [-0.2, 0) is 11.3 Å². The smallest absolute Gasteiger partial charge is 0.267 e. The van der Waals surface area contributed by atoms with E-state index < -0.39 is 6.04 Å². The van der Waals surface area contributed by atoms with E-state index >= 15 is 0 Å². The molecule has 1 unspecified atom stereocenters. The molecule has 1 atom stereocenters. The average Bonchev–Trinajstić information content (AvgIpc) is 3.04. The molecule has 0 fully saturated rings. The number of rotatable bonds is 6. The lowest BCUT2D eigenvalue weighted by Gasteiger charge is -2.17. The van der Waals surface area contributed by atoms with E-state index in [0.29, 0.717) is 24.0 Å². The second-order valence-corrected chi connectivity index (χ2v) is 5.90. The topological polar surface area (TPSA) is 99.2 Å². The summed E-state index contributed by atoms with van der Waals surface area (Å²) in [6, 6.07) is 6.77. The molecule has 0 saturated carbocycles. The van der Waals surface area contributed by atoms with Crippen molar-refractivity contribution in [3.8, 4) is 5.75 Å². The van der Waals surface area contributed by atoms with Crippen molar-refractivity contribution in [3.05, 3.63) is 52.2 Å². The fourth-order valence-corrected chi connectivity index (χ4v) is 2.81. The Morgan fingerprint density at radius 2 is 2.23 bits per heavy atom. The molecule has 3 aromatic rings. The second kappa shape index (κ2) is 7.38. The monoisotopic (exact) mass is 356 g/mol. The highest BCUT2D eigenvalue weighted by Gasteiger charge is 2.22. The highest BCUT2D eigenvalue weighted by Crippen LogP contribution is 2.15. The molecule has 0 bridgehead atoms. The van der Waals surface area contributed by atoms with E-state index in [1.807, 2.05) is 31.2 Å². The number of ether oxygens (including phenoxy) is 1. The van der Waals surface area contributed by atoms with E-state index in [9.17, 15) is 9.59 Å². The number of aryl methyl sites for hydroxylation is 1. The van der Waals surface area contributed by atoms with Crippen molar-refractivity contribution in [1.82, 2.24) is 20.0 Å². The van der Waals surface area contributed by atoms with Gasteiger partial charge in [-0.3, -0.25) is 14.2 Å². The molecule has 1 aromatic carbocycles. The summed E-state index contributed by atoms with van der Waals surface area (Å²) in [5.41, 5.74) is 1.20. The minimum Gasteiger partial charge on any atom is -0.497 e. The van der Waals surface area contributed by atoms with Gasteiger partial charge in [-0.1, -0.05) is 24.2 Å². The third kappa shape index (κ3) is 3.30. The Bertz CT molecular complexity index is 992. The molecule has 0 radical (unpaired) electrons. The molecule has 1 amide bonds. The molecular formula is C18H20N4O4. The second-order valence-electron chi connectivity index (χ2n) is 5.90. The number of amides is 1. The summed E-state index contributed by atoms with van der Waals surface area (Å²) in [4.78, 5) is 29.4. The van der Waals surface area contributed by atoms with Gasteiger partial charge in [-0.05, 0) is 31.0 Å². The van der Waals surface area contributed by atoms with Crippen LogP contribution in [0.25, 0.3) is 11.1 Å². The number of fused-ring (bicyclic) bond motifs is 1. The minimum absolute atomic E-state index is 0.176. The fraction of sp³-hybridized carbons (Fsp3) is 0.333. The molecule has 0 saturated heterocycles. The van der Waals surface area contributed by atoms with E-state index in [1.54, 1.807) is 14.0 Å². The normalized spacial score (nSPS) is 12.1. The number of aromatic nitrogens is 3. The van der Waals surface area contributed by atoms with Crippen LogP contribution in [0.4, 0.5) is 0 Å². The van der Waals surface area contributed by atoms with Crippen LogP contribution in [0.15, 0.2) is 39.9 Å². The Hall–Kier alpha value is -3.16. The maximum atomic E-state index is 12.7. The van der Waals surface area contributed by atoms with Crippen molar-refractivity contribution in [2.45, 2.75) is 32.9 Å². The lowest BCUT2D eigenvalue weighted by atomic mass is 10.1. The van der Waals surface area contributed by atoms with Gasteiger partial charge >= 0.3 is 0 Å². The summed E-state index contributed by atoms with van der Waals surface area (Å²) < 4.78 is 11.5. The van der Waals surface area contributed by atoms with Crippen molar-refractivity contribution in [3.63, 3.8) is 0 Å². The molecule has 2 heterocycles. The van der Waals surface area contributed by atoms with Crippen molar-refractivity contribution in [2.24, 2.45) is 0 Å². The van der Waals surface area contributed by atoms with E-state index in [1.165, 1.54) is 10.9 Å². The van der Waals surface area contributed by atoms with Gasteiger partial charge in [-0.2, -0.15) is 0 Å². The number of hydrogen-bond acceptors (Lipinski definition) is 6. The van der Waals surface area contributed by atoms with Crippen LogP contribution in [0, 0.1) is 6.92 Å². The number of hydrogen-bond donors (Lipinski definition) is 1. The Morgan fingerprint density at radius 1 is 1.42 bits per heavy atom. The van der Waals surface area contributed by atoms with Crippen LogP contribution < -0.4 is 15.6 Å². The summed E-state index contributed by atoms with van der Waals surface area (Å²) in [6.07, 6.45) is 1.77. The number of nitrogens with zero attached hydrogens (tertiary/aromatic N) is 3. The van der Waals surface area contributed by atoms with E-state index in [2.05, 4.69) is 15.5 Å². The average molecular weight is 356 g/mol. The summed E-state index contributed by atoms with van der Waals surface area (Å²) >= 11 is 0. The molecule has 0 aliphatic heterocycles. The van der Waals surface area contributed by atoms with E-state index in [-0.39, 0.29) is 17.2 Å². The predicted octanol–water partition coefficient (Wildman–Crippen LogP) is 1.97. The molecule has 136 valence electrons. The summed E-state index contributed by atoms with van der Waals surface area (Å²) in [7, 11) is 1.59. The molecule has 2 aromatic heterocycles. The summed E-state index contributed by atoms with van der Waals surface area (Å²) in [6.45, 7) is 3.85. The van der Waals surface area contributed by atoms with Gasteiger partial charge in [0.25, 0.3) is 11.3 Å². The first kappa shape index (κ1) is 17.7. The Kier molecular flexibility index (Phi) is 5.01. The molecular weight excluding hydrogens is 336 g/mol. The number of nitrogens with one attached hydrogen (secondary N) is 1. The SMILES string of the molecule is CCC(C(=O)NCc1cccc(OC)c1)n1cnc2onc(C)c2c1=O. The molecule has 26 heavy (non-hydrogen) atoms. The molecule has 8 heteroatoms. The number of benzene rings is 1. The van der Waals surface area contributed by atoms with Crippen LogP contribution in [0.5, 0.6) is 5.75 Å². The Morgan fingerprint density at radius 3 is 2.96 bits per heavy atom. The van der Waals surface area contributed by atoms with Crippen LogP contribution in [0.2, 0.25) is 0 Å². The molecule has 0 spiro atoms. The zero-order valence-corrected chi connectivity index (χ0v) is 14.9. The van der Waals surface area contributed by atoms with E-state index in [4.69, 9.17) is 9.26 Å². The highest BCUT2D eigenvalue weighted by atomic mass is 16.5. The zero-order chi connectivity index (χ0) is 18.7. The van der Waals surface area contributed by atoms with Gasteiger partial charge in [0.1, 0.15) is 23.5 Å². The number of carbonyl (C=O) groups is 1. The van der Waals surface area contributed by atoms with Crippen molar-refractivity contribution < 1.29 is 14.1 Å². The minimum atomic E-state index is -0.667. The van der Waals surface area contributed by atoms with Gasteiger partial charge in [-0.15, -0.1) is 0 Å².